The minimum atomic E-state index is 0.605. The predicted molar refractivity (Wildman–Crippen MR) is 67.0 cm³/mol. The van der Waals surface area contributed by atoms with Crippen LogP contribution in [0.1, 0.15) is 5.69 Å². The van der Waals surface area contributed by atoms with Crippen LogP contribution in [0.5, 0.6) is 0 Å². The van der Waals surface area contributed by atoms with E-state index < -0.39 is 0 Å². The number of rotatable bonds is 1. The monoisotopic (exact) mass is 244 g/mol. The predicted octanol–water partition coefficient (Wildman–Crippen LogP) is 3.85. The quantitative estimate of drug-likeness (QED) is 0.653. The van der Waals surface area contributed by atoms with Crippen LogP contribution in [0.15, 0.2) is 41.3 Å². The number of fused-ring (bicyclic) bond motifs is 1. The van der Waals surface area contributed by atoms with Gasteiger partial charge in [0.15, 0.2) is 5.58 Å². The van der Waals surface area contributed by atoms with Gasteiger partial charge in [-0.3, -0.25) is 9.97 Å². The van der Waals surface area contributed by atoms with Crippen LogP contribution in [0.2, 0.25) is 5.02 Å². The summed E-state index contributed by atoms with van der Waals surface area (Å²) < 4.78 is 5.35. The smallest absolute Gasteiger partial charge is 0.153 e. The normalized spacial score (nSPS) is 10.9. The summed E-state index contributed by atoms with van der Waals surface area (Å²) in [5.41, 5.74) is 3.38. The molecule has 0 unspecified atom stereocenters. The minimum Gasteiger partial charge on any atom is -0.463 e. The van der Waals surface area contributed by atoms with Gasteiger partial charge in [0.05, 0.1) is 28.9 Å². The molecule has 0 N–H and O–H groups in total. The first-order chi connectivity index (χ1) is 8.25. The maximum atomic E-state index is 6.05. The largest absolute Gasteiger partial charge is 0.463 e. The van der Waals surface area contributed by atoms with Crippen LogP contribution in [-0.4, -0.2) is 9.97 Å². The van der Waals surface area contributed by atoms with Crippen LogP contribution in [-0.2, 0) is 0 Å². The third kappa shape index (κ3) is 1.68. The molecule has 3 nitrogen and oxygen atoms in total. The average molecular weight is 245 g/mol. The highest BCUT2D eigenvalue weighted by Crippen LogP contribution is 2.32. The van der Waals surface area contributed by atoms with Gasteiger partial charge in [0, 0.05) is 17.1 Å². The Bertz CT molecular complexity index is 673. The molecule has 0 saturated carbocycles. The van der Waals surface area contributed by atoms with E-state index in [0.29, 0.717) is 10.6 Å². The van der Waals surface area contributed by atoms with Crippen LogP contribution >= 0.6 is 11.6 Å². The standard InChI is InChI=1S/C13H9ClN2O/c1-8-6-16-12(7-15-8)9-2-3-11(14)13-10(9)4-5-17-13/h2-7H,1H3. The first-order valence-electron chi connectivity index (χ1n) is 5.20. The van der Waals surface area contributed by atoms with Crippen molar-refractivity contribution < 1.29 is 4.42 Å². The number of hydrogen-bond acceptors (Lipinski definition) is 3. The molecule has 0 spiro atoms. The van der Waals surface area contributed by atoms with Gasteiger partial charge in [0.2, 0.25) is 0 Å². The summed E-state index contributed by atoms with van der Waals surface area (Å²) in [7, 11) is 0. The fraction of sp³-hybridized carbons (Fsp3) is 0.0769. The Labute approximate surface area is 103 Å². The fourth-order valence-electron chi connectivity index (χ4n) is 1.78. The van der Waals surface area contributed by atoms with Gasteiger partial charge in [-0.2, -0.15) is 0 Å². The zero-order chi connectivity index (χ0) is 11.8. The van der Waals surface area contributed by atoms with Gasteiger partial charge in [-0.1, -0.05) is 17.7 Å². The molecule has 0 aliphatic heterocycles. The van der Waals surface area contributed by atoms with E-state index in [2.05, 4.69) is 9.97 Å². The van der Waals surface area contributed by atoms with Gasteiger partial charge >= 0.3 is 0 Å². The molecule has 2 aromatic heterocycles. The summed E-state index contributed by atoms with van der Waals surface area (Å²) in [5.74, 6) is 0. The highest BCUT2D eigenvalue weighted by Gasteiger charge is 2.10. The maximum absolute atomic E-state index is 6.05. The van der Waals surface area contributed by atoms with E-state index in [4.69, 9.17) is 16.0 Å². The number of nitrogens with zero attached hydrogens (tertiary/aromatic N) is 2. The lowest BCUT2D eigenvalue weighted by Crippen LogP contribution is -1.88. The number of benzene rings is 1. The summed E-state index contributed by atoms with van der Waals surface area (Å²) in [5, 5.41) is 1.56. The van der Waals surface area contributed by atoms with Crippen molar-refractivity contribution in [1.82, 2.24) is 9.97 Å². The van der Waals surface area contributed by atoms with E-state index in [1.54, 1.807) is 18.7 Å². The molecule has 0 atom stereocenters. The highest BCUT2D eigenvalue weighted by molar-refractivity contribution is 6.35. The van der Waals surface area contributed by atoms with E-state index in [1.165, 1.54) is 0 Å². The Morgan fingerprint density at radius 3 is 2.76 bits per heavy atom. The topological polar surface area (TPSA) is 38.9 Å². The summed E-state index contributed by atoms with van der Waals surface area (Å²) in [6, 6.07) is 5.63. The number of hydrogen-bond donors (Lipinski definition) is 0. The molecule has 0 radical (unpaired) electrons. The summed E-state index contributed by atoms with van der Waals surface area (Å²) in [6.07, 6.45) is 5.13. The molecule has 0 bridgehead atoms. The molecular formula is C13H9ClN2O. The molecule has 0 fully saturated rings. The summed E-state index contributed by atoms with van der Waals surface area (Å²) >= 11 is 6.05. The molecule has 17 heavy (non-hydrogen) atoms. The fourth-order valence-corrected chi connectivity index (χ4v) is 1.99. The Balaban J connectivity index is 2.27. The summed E-state index contributed by atoms with van der Waals surface area (Å²) in [4.78, 5) is 8.60. The molecule has 0 aliphatic carbocycles. The van der Waals surface area contributed by atoms with Gasteiger partial charge < -0.3 is 4.42 Å². The van der Waals surface area contributed by atoms with Gasteiger partial charge in [-0.15, -0.1) is 0 Å². The summed E-state index contributed by atoms with van der Waals surface area (Å²) in [6.45, 7) is 1.91. The lowest BCUT2D eigenvalue weighted by Gasteiger charge is -2.03. The number of aryl methyl sites for hydroxylation is 1. The van der Waals surface area contributed by atoms with Gasteiger partial charge in [0.25, 0.3) is 0 Å². The molecule has 3 aromatic rings. The third-order valence-electron chi connectivity index (χ3n) is 2.63. The van der Waals surface area contributed by atoms with Crippen LogP contribution in [0.25, 0.3) is 22.2 Å². The molecule has 2 heterocycles. The molecule has 1 aromatic carbocycles. The zero-order valence-electron chi connectivity index (χ0n) is 9.14. The van der Waals surface area contributed by atoms with Crippen molar-refractivity contribution >= 4 is 22.6 Å². The van der Waals surface area contributed by atoms with E-state index in [0.717, 1.165) is 22.3 Å². The molecule has 84 valence electrons. The van der Waals surface area contributed by atoms with Crippen LogP contribution in [0.3, 0.4) is 0 Å². The lowest BCUT2D eigenvalue weighted by atomic mass is 10.1. The number of furan rings is 1. The van der Waals surface area contributed by atoms with Crippen LogP contribution in [0, 0.1) is 6.92 Å². The van der Waals surface area contributed by atoms with Crippen LogP contribution < -0.4 is 0 Å². The van der Waals surface area contributed by atoms with Crippen molar-refractivity contribution in [2.24, 2.45) is 0 Å². The molecular weight excluding hydrogens is 236 g/mol. The minimum absolute atomic E-state index is 0.605. The SMILES string of the molecule is Cc1cnc(-c2ccc(Cl)c3occc23)cn1. The van der Waals surface area contributed by atoms with E-state index in [-0.39, 0.29) is 0 Å². The molecule has 0 aliphatic rings. The second-order valence-electron chi connectivity index (χ2n) is 3.80. The number of aromatic nitrogens is 2. The van der Waals surface area contributed by atoms with Crippen molar-refractivity contribution in [1.29, 1.82) is 0 Å². The van der Waals surface area contributed by atoms with Crippen molar-refractivity contribution in [2.45, 2.75) is 6.92 Å². The Kier molecular flexibility index (Phi) is 2.34. The average Bonchev–Trinajstić information content (AvgIpc) is 2.81. The Morgan fingerprint density at radius 1 is 1.12 bits per heavy atom. The lowest BCUT2D eigenvalue weighted by molar-refractivity contribution is 0.616. The Morgan fingerprint density at radius 2 is 2.00 bits per heavy atom. The van der Waals surface area contributed by atoms with Gasteiger partial charge in [-0.05, 0) is 19.1 Å². The maximum Gasteiger partial charge on any atom is 0.153 e. The van der Waals surface area contributed by atoms with E-state index in [1.807, 2.05) is 25.1 Å². The third-order valence-corrected chi connectivity index (χ3v) is 2.92. The van der Waals surface area contributed by atoms with Crippen molar-refractivity contribution in [2.75, 3.05) is 0 Å². The van der Waals surface area contributed by atoms with Gasteiger partial charge in [-0.25, -0.2) is 0 Å². The van der Waals surface area contributed by atoms with Crippen molar-refractivity contribution in [3.63, 3.8) is 0 Å². The van der Waals surface area contributed by atoms with Crippen molar-refractivity contribution in [3.8, 4) is 11.3 Å². The molecule has 3 rings (SSSR count). The first-order valence-corrected chi connectivity index (χ1v) is 5.58. The highest BCUT2D eigenvalue weighted by atomic mass is 35.5. The zero-order valence-corrected chi connectivity index (χ0v) is 9.90. The molecule has 4 heteroatoms. The Hall–Kier alpha value is -1.87. The first kappa shape index (κ1) is 10.3. The van der Waals surface area contributed by atoms with Gasteiger partial charge in [0.1, 0.15) is 0 Å². The number of halogens is 1. The van der Waals surface area contributed by atoms with E-state index >= 15 is 0 Å². The van der Waals surface area contributed by atoms with E-state index in [9.17, 15) is 0 Å². The van der Waals surface area contributed by atoms with Crippen molar-refractivity contribution in [3.05, 3.63) is 47.6 Å². The second-order valence-corrected chi connectivity index (χ2v) is 4.21. The van der Waals surface area contributed by atoms with Crippen LogP contribution in [0.4, 0.5) is 0 Å². The molecule has 0 saturated heterocycles. The second kappa shape index (κ2) is 3.86. The molecule has 0 amide bonds.